The van der Waals surface area contributed by atoms with E-state index in [-0.39, 0.29) is 12.5 Å². The van der Waals surface area contributed by atoms with E-state index in [2.05, 4.69) is 10.6 Å². The Morgan fingerprint density at radius 1 is 1.57 bits per heavy atom. The first kappa shape index (κ1) is 10.5. The molecule has 0 unspecified atom stereocenters. The first-order valence-electron chi connectivity index (χ1n) is 4.06. The lowest BCUT2D eigenvalue weighted by Gasteiger charge is -2.04. The molecule has 3 N–H and O–H groups in total. The van der Waals surface area contributed by atoms with Gasteiger partial charge in [-0.1, -0.05) is 0 Å². The zero-order valence-electron chi connectivity index (χ0n) is 7.67. The molecule has 0 aliphatic heterocycles. The van der Waals surface area contributed by atoms with Gasteiger partial charge in [-0.15, -0.1) is 0 Å². The molecule has 0 fully saturated rings. The second-order valence-electron chi connectivity index (χ2n) is 2.74. The molecule has 1 aromatic carbocycles. The normalized spacial score (nSPS) is 9.86. The lowest BCUT2D eigenvalue weighted by atomic mass is 10.3. The Morgan fingerprint density at radius 3 is 2.86 bits per heavy atom. The highest BCUT2D eigenvalue weighted by molar-refractivity contribution is 5.92. The molecule has 1 rings (SSSR count). The van der Waals surface area contributed by atoms with Gasteiger partial charge in [-0.25, -0.2) is 4.39 Å². The molecule has 0 aromatic heterocycles. The van der Waals surface area contributed by atoms with Crippen LogP contribution < -0.4 is 10.6 Å². The summed E-state index contributed by atoms with van der Waals surface area (Å²) in [5.74, 6) is -1.46. The average molecular weight is 198 g/mol. The molecule has 76 valence electrons. The highest BCUT2D eigenvalue weighted by Gasteiger charge is 2.04. The van der Waals surface area contributed by atoms with Gasteiger partial charge in [-0.3, -0.25) is 4.79 Å². The molecule has 0 atom stereocenters. The summed E-state index contributed by atoms with van der Waals surface area (Å²) in [7, 11) is 1.64. The lowest BCUT2D eigenvalue weighted by Crippen LogP contribution is -2.25. The van der Waals surface area contributed by atoms with Crippen LogP contribution in [0, 0.1) is 5.82 Å². The number of carbonyl (C=O) groups excluding carboxylic acids is 1. The van der Waals surface area contributed by atoms with Gasteiger partial charge >= 0.3 is 0 Å². The van der Waals surface area contributed by atoms with Crippen LogP contribution in [0.2, 0.25) is 0 Å². The topological polar surface area (TPSA) is 61.4 Å². The van der Waals surface area contributed by atoms with Gasteiger partial charge in [0.1, 0.15) is 0 Å². The van der Waals surface area contributed by atoms with Crippen molar-refractivity contribution in [1.29, 1.82) is 0 Å². The molecule has 0 radical (unpaired) electrons. The summed E-state index contributed by atoms with van der Waals surface area (Å²) in [6.07, 6.45) is 0. The van der Waals surface area contributed by atoms with Crippen molar-refractivity contribution >= 4 is 11.6 Å². The highest BCUT2D eigenvalue weighted by atomic mass is 19.1. The Labute approximate surface area is 80.7 Å². The molecule has 4 nitrogen and oxygen atoms in total. The Hall–Kier alpha value is -1.62. The smallest absolute Gasteiger partial charge is 0.238 e. The van der Waals surface area contributed by atoms with Gasteiger partial charge in [0.25, 0.3) is 0 Å². The van der Waals surface area contributed by atoms with E-state index >= 15 is 0 Å². The van der Waals surface area contributed by atoms with Crippen molar-refractivity contribution < 1.29 is 14.3 Å². The van der Waals surface area contributed by atoms with Gasteiger partial charge in [-0.05, 0) is 19.2 Å². The minimum atomic E-state index is -0.757. The van der Waals surface area contributed by atoms with Gasteiger partial charge < -0.3 is 15.7 Å². The van der Waals surface area contributed by atoms with Crippen molar-refractivity contribution in [2.24, 2.45) is 0 Å². The molecule has 0 spiro atoms. The first-order chi connectivity index (χ1) is 6.63. The second kappa shape index (κ2) is 4.57. The number of phenols is 1. The fraction of sp³-hybridized carbons (Fsp3) is 0.222. The van der Waals surface area contributed by atoms with E-state index in [1.165, 1.54) is 12.1 Å². The Bertz CT molecular complexity index is 342. The standard InChI is InChI=1S/C9H11FN2O2/c1-11-5-9(14)12-6-2-3-8(13)7(10)4-6/h2-4,11,13H,5H2,1H3,(H,12,14). The lowest BCUT2D eigenvalue weighted by molar-refractivity contribution is -0.115. The molecule has 0 bridgehead atoms. The van der Waals surface area contributed by atoms with Gasteiger partial charge in [0.05, 0.1) is 6.54 Å². The van der Waals surface area contributed by atoms with Crippen LogP contribution in [-0.4, -0.2) is 24.6 Å². The van der Waals surface area contributed by atoms with E-state index in [0.29, 0.717) is 5.69 Å². The quantitative estimate of drug-likeness (QED) is 0.626. The third-order valence-corrected chi connectivity index (χ3v) is 1.57. The summed E-state index contributed by atoms with van der Waals surface area (Å²) in [6, 6.07) is 3.67. The minimum Gasteiger partial charge on any atom is -0.505 e. The largest absolute Gasteiger partial charge is 0.505 e. The zero-order chi connectivity index (χ0) is 10.6. The van der Waals surface area contributed by atoms with Crippen LogP contribution in [0.3, 0.4) is 0 Å². The summed E-state index contributed by atoms with van der Waals surface area (Å²) >= 11 is 0. The molecule has 0 aliphatic rings. The highest BCUT2D eigenvalue weighted by Crippen LogP contribution is 2.18. The number of likely N-dealkylation sites (N-methyl/N-ethyl adjacent to an activating group) is 1. The zero-order valence-corrected chi connectivity index (χ0v) is 7.67. The number of halogens is 1. The summed E-state index contributed by atoms with van der Waals surface area (Å²) < 4.78 is 12.8. The van der Waals surface area contributed by atoms with E-state index in [4.69, 9.17) is 5.11 Å². The second-order valence-corrected chi connectivity index (χ2v) is 2.74. The number of aromatic hydroxyl groups is 1. The number of phenolic OH excluding ortho intramolecular Hbond substituents is 1. The average Bonchev–Trinajstić information content (AvgIpc) is 2.12. The number of nitrogens with one attached hydrogen (secondary N) is 2. The summed E-state index contributed by atoms with van der Waals surface area (Å²) in [5.41, 5.74) is 0.320. The Balaban J connectivity index is 2.68. The first-order valence-corrected chi connectivity index (χ1v) is 4.06. The predicted octanol–water partition coefficient (Wildman–Crippen LogP) is 0.689. The van der Waals surface area contributed by atoms with Crippen molar-refractivity contribution in [2.45, 2.75) is 0 Å². The number of amides is 1. The van der Waals surface area contributed by atoms with Crippen molar-refractivity contribution in [3.8, 4) is 5.75 Å². The van der Waals surface area contributed by atoms with Crippen molar-refractivity contribution in [2.75, 3.05) is 18.9 Å². The van der Waals surface area contributed by atoms with E-state index in [1.54, 1.807) is 7.05 Å². The van der Waals surface area contributed by atoms with Crippen molar-refractivity contribution in [3.05, 3.63) is 24.0 Å². The SMILES string of the molecule is CNCC(=O)Nc1ccc(O)c(F)c1. The number of hydrogen-bond acceptors (Lipinski definition) is 3. The van der Waals surface area contributed by atoms with Gasteiger partial charge in [-0.2, -0.15) is 0 Å². The van der Waals surface area contributed by atoms with Gasteiger partial charge in [0.15, 0.2) is 11.6 Å². The molecule has 5 heteroatoms. The Morgan fingerprint density at radius 2 is 2.29 bits per heavy atom. The third-order valence-electron chi connectivity index (χ3n) is 1.57. The molecule has 1 amide bonds. The molecule has 14 heavy (non-hydrogen) atoms. The van der Waals surface area contributed by atoms with E-state index in [1.807, 2.05) is 0 Å². The van der Waals surface area contributed by atoms with Crippen molar-refractivity contribution in [3.63, 3.8) is 0 Å². The van der Waals surface area contributed by atoms with Crippen LogP contribution >= 0.6 is 0 Å². The Kier molecular flexibility index (Phi) is 3.41. The molecule has 0 saturated heterocycles. The van der Waals surface area contributed by atoms with Crippen molar-refractivity contribution in [1.82, 2.24) is 5.32 Å². The number of carbonyl (C=O) groups is 1. The number of anilines is 1. The fourth-order valence-electron chi connectivity index (χ4n) is 0.950. The maximum atomic E-state index is 12.8. The van der Waals surface area contributed by atoms with E-state index in [9.17, 15) is 9.18 Å². The summed E-state index contributed by atoms with van der Waals surface area (Å²) in [4.78, 5) is 11.1. The molecule has 0 heterocycles. The molecule has 1 aromatic rings. The van der Waals surface area contributed by atoms with Crippen LogP contribution in [0.25, 0.3) is 0 Å². The maximum absolute atomic E-state index is 12.8. The van der Waals surface area contributed by atoms with E-state index in [0.717, 1.165) is 6.07 Å². The van der Waals surface area contributed by atoms with Crippen LogP contribution in [0.1, 0.15) is 0 Å². The number of rotatable bonds is 3. The van der Waals surface area contributed by atoms with Crippen LogP contribution in [0.4, 0.5) is 10.1 Å². The van der Waals surface area contributed by atoms with Crippen LogP contribution in [-0.2, 0) is 4.79 Å². The van der Waals surface area contributed by atoms with Gasteiger partial charge in [0.2, 0.25) is 5.91 Å². The predicted molar refractivity (Wildman–Crippen MR) is 50.6 cm³/mol. The minimum absolute atomic E-state index is 0.155. The van der Waals surface area contributed by atoms with Crippen LogP contribution in [0.5, 0.6) is 5.75 Å². The molecule has 0 aliphatic carbocycles. The summed E-state index contributed by atoms with van der Waals surface area (Å²) in [5, 5.41) is 14.0. The maximum Gasteiger partial charge on any atom is 0.238 e. The number of hydrogen-bond donors (Lipinski definition) is 3. The molecular formula is C9H11FN2O2. The fourth-order valence-corrected chi connectivity index (χ4v) is 0.950. The van der Waals surface area contributed by atoms with Gasteiger partial charge in [0, 0.05) is 11.8 Å². The third kappa shape index (κ3) is 2.70. The summed E-state index contributed by atoms with van der Waals surface area (Å²) in [6.45, 7) is 0.155. The number of benzene rings is 1. The van der Waals surface area contributed by atoms with E-state index < -0.39 is 11.6 Å². The monoisotopic (exact) mass is 198 g/mol. The molecular weight excluding hydrogens is 187 g/mol. The van der Waals surface area contributed by atoms with Crippen LogP contribution in [0.15, 0.2) is 18.2 Å². The molecule has 0 saturated carbocycles.